The summed E-state index contributed by atoms with van der Waals surface area (Å²) in [5, 5.41) is 0. The fraction of sp³-hybridized carbons (Fsp3) is 0.846. The molecule has 0 amide bonds. The predicted molar refractivity (Wildman–Crippen MR) is 67.6 cm³/mol. The van der Waals surface area contributed by atoms with Gasteiger partial charge in [0.1, 0.15) is 0 Å². The van der Waals surface area contributed by atoms with E-state index in [-0.39, 0.29) is 11.9 Å². The van der Waals surface area contributed by atoms with E-state index in [9.17, 15) is 9.59 Å². The first-order valence-corrected chi connectivity index (χ1v) is 6.22. The van der Waals surface area contributed by atoms with E-state index >= 15 is 0 Å². The maximum atomic E-state index is 10.5. The van der Waals surface area contributed by atoms with Gasteiger partial charge in [-0.3, -0.25) is 9.59 Å². The maximum absolute atomic E-state index is 10.5. The number of hydrogen-bond donors (Lipinski definition) is 0. The first kappa shape index (κ1) is 18.3. The van der Waals surface area contributed by atoms with Crippen molar-refractivity contribution in [3.8, 4) is 0 Å². The molecule has 0 atom stereocenters. The van der Waals surface area contributed by atoms with Crippen LogP contribution in [0.3, 0.4) is 0 Å². The van der Waals surface area contributed by atoms with Crippen molar-refractivity contribution in [2.75, 3.05) is 13.2 Å². The van der Waals surface area contributed by atoms with Crippen LogP contribution in [-0.2, 0) is 19.1 Å². The molecule has 0 aliphatic heterocycles. The van der Waals surface area contributed by atoms with Crippen LogP contribution in [0, 0.1) is 5.92 Å². The average Bonchev–Trinajstić information content (AvgIpc) is 2.26. The predicted octanol–water partition coefficient (Wildman–Crippen LogP) is 2.95. The van der Waals surface area contributed by atoms with Crippen LogP contribution in [0.4, 0.5) is 0 Å². The van der Waals surface area contributed by atoms with Crippen LogP contribution in [0.25, 0.3) is 0 Å². The Bertz CT molecular complexity index is 200. The zero-order valence-corrected chi connectivity index (χ0v) is 11.7. The Morgan fingerprint density at radius 2 is 1.71 bits per heavy atom. The van der Waals surface area contributed by atoms with Gasteiger partial charge in [-0.15, -0.1) is 0 Å². The van der Waals surface area contributed by atoms with Crippen molar-refractivity contribution in [1.29, 1.82) is 0 Å². The highest BCUT2D eigenvalue weighted by Gasteiger charge is 1.98. The summed E-state index contributed by atoms with van der Waals surface area (Å²) in [4.78, 5) is 20.6. The van der Waals surface area contributed by atoms with E-state index in [1.807, 2.05) is 13.8 Å². The molecule has 0 fully saturated rings. The molecule has 0 saturated carbocycles. The van der Waals surface area contributed by atoms with Crippen molar-refractivity contribution < 1.29 is 19.1 Å². The van der Waals surface area contributed by atoms with Crippen molar-refractivity contribution in [3.05, 3.63) is 0 Å². The molecule has 4 heteroatoms. The summed E-state index contributed by atoms with van der Waals surface area (Å²) >= 11 is 0. The number of rotatable bonds is 6. The van der Waals surface area contributed by atoms with Gasteiger partial charge in [0.25, 0.3) is 0 Å². The number of unbranched alkanes of at least 4 members (excludes halogenated alkanes) is 1. The molecule has 102 valence electrons. The Kier molecular flexibility index (Phi) is 14.0. The van der Waals surface area contributed by atoms with Gasteiger partial charge in [-0.1, -0.05) is 34.1 Å². The molecule has 17 heavy (non-hydrogen) atoms. The van der Waals surface area contributed by atoms with Gasteiger partial charge in [-0.25, -0.2) is 0 Å². The highest BCUT2D eigenvalue weighted by Crippen LogP contribution is 1.93. The van der Waals surface area contributed by atoms with Crippen LogP contribution >= 0.6 is 0 Å². The lowest BCUT2D eigenvalue weighted by Gasteiger charge is -2.04. The monoisotopic (exact) mass is 246 g/mol. The molecule has 0 aromatic rings. The highest BCUT2D eigenvalue weighted by atomic mass is 16.5. The Balaban J connectivity index is 0. The molecule has 0 radical (unpaired) electrons. The average molecular weight is 246 g/mol. The molecule has 0 aliphatic carbocycles. The van der Waals surface area contributed by atoms with Crippen LogP contribution in [0.1, 0.15) is 53.9 Å². The van der Waals surface area contributed by atoms with E-state index in [1.165, 1.54) is 6.92 Å². The zero-order valence-electron chi connectivity index (χ0n) is 11.7. The summed E-state index contributed by atoms with van der Waals surface area (Å²) in [7, 11) is 0. The third-order valence-corrected chi connectivity index (χ3v) is 1.67. The minimum absolute atomic E-state index is 0.108. The molecule has 0 bridgehead atoms. The molecular weight excluding hydrogens is 220 g/mol. The quantitative estimate of drug-likeness (QED) is 0.534. The Morgan fingerprint density at radius 3 is 2.06 bits per heavy atom. The normalized spacial score (nSPS) is 9.29. The number of esters is 2. The van der Waals surface area contributed by atoms with Crippen LogP contribution in [0.2, 0.25) is 0 Å². The molecule has 0 spiro atoms. The van der Waals surface area contributed by atoms with Gasteiger partial charge >= 0.3 is 11.9 Å². The van der Waals surface area contributed by atoms with Crippen molar-refractivity contribution in [2.24, 2.45) is 5.92 Å². The maximum Gasteiger partial charge on any atom is 0.305 e. The molecule has 0 saturated heterocycles. The summed E-state index contributed by atoms with van der Waals surface area (Å²) in [5.74, 6) is 0.155. The van der Waals surface area contributed by atoms with Crippen molar-refractivity contribution in [2.45, 2.75) is 53.9 Å². The van der Waals surface area contributed by atoms with E-state index in [2.05, 4.69) is 11.7 Å². The molecule has 0 heterocycles. The van der Waals surface area contributed by atoms with E-state index in [4.69, 9.17) is 4.74 Å². The smallest absolute Gasteiger partial charge is 0.305 e. The van der Waals surface area contributed by atoms with E-state index in [1.54, 1.807) is 6.92 Å². The standard InChI is InChI=1S/C7H14O2.C6H12O2/c1-4-7(8)9-5-6(2)3;1-3-4-5-8-6(2)7/h6H,4-5H2,1-3H3;3-5H2,1-2H3. The third kappa shape index (κ3) is 20.9. The van der Waals surface area contributed by atoms with E-state index < -0.39 is 0 Å². The second-order valence-corrected chi connectivity index (χ2v) is 4.12. The summed E-state index contributed by atoms with van der Waals surface area (Å²) in [6, 6.07) is 0. The van der Waals surface area contributed by atoms with Crippen LogP contribution in [0.5, 0.6) is 0 Å². The van der Waals surface area contributed by atoms with Gasteiger partial charge in [0.2, 0.25) is 0 Å². The minimum Gasteiger partial charge on any atom is -0.466 e. The van der Waals surface area contributed by atoms with Gasteiger partial charge in [0.15, 0.2) is 0 Å². The Hall–Kier alpha value is -1.06. The lowest BCUT2D eigenvalue weighted by Crippen LogP contribution is -2.07. The minimum atomic E-state index is -0.182. The highest BCUT2D eigenvalue weighted by molar-refractivity contribution is 5.68. The van der Waals surface area contributed by atoms with Gasteiger partial charge in [-0.05, 0) is 12.3 Å². The van der Waals surface area contributed by atoms with Gasteiger partial charge in [0, 0.05) is 13.3 Å². The lowest BCUT2D eigenvalue weighted by molar-refractivity contribution is -0.144. The molecule has 0 rings (SSSR count). The van der Waals surface area contributed by atoms with Crippen LogP contribution in [-0.4, -0.2) is 25.2 Å². The van der Waals surface area contributed by atoms with Gasteiger partial charge in [-0.2, -0.15) is 0 Å². The van der Waals surface area contributed by atoms with Crippen molar-refractivity contribution in [3.63, 3.8) is 0 Å². The molecule has 0 N–H and O–H groups in total. The summed E-state index contributed by atoms with van der Waals surface area (Å²) in [6.07, 6.45) is 2.53. The lowest BCUT2D eigenvalue weighted by atomic mass is 10.2. The summed E-state index contributed by atoms with van der Waals surface area (Å²) in [5.41, 5.74) is 0. The third-order valence-electron chi connectivity index (χ3n) is 1.67. The zero-order chi connectivity index (χ0) is 13.7. The molecule has 0 aromatic carbocycles. The molecule has 0 aromatic heterocycles. The van der Waals surface area contributed by atoms with Crippen LogP contribution < -0.4 is 0 Å². The SMILES string of the molecule is CCC(=O)OCC(C)C.CCCCOC(C)=O. The molecule has 4 nitrogen and oxygen atoms in total. The fourth-order valence-electron chi connectivity index (χ4n) is 0.722. The molecule has 0 unspecified atom stereocenters. The summed E-state index contributed by atoms with van der Waals surface area (Å²) in [6.45, 7) is 10.4. The molecule has 0 aliphatic rings. The number of carbonyl (C=O) groups is 2. The first-order valence-electron chi connectivity index (χ1n) is 6.22. The fourth-order valence-corrected chi connectivity index (χ4v) is 0.722. The number of ether oxygens (including phenoxy) is 2. The number of carbonyl (C=O) groups excluding carboxylic acids is 2. The summed E-state index contributed by atoms with van der Waals surface area (Å²) < 4.78 is 9.46. The largest absolute Gasteiger partial charge is 0.466 e. The second-order valence-electron chi connectivity index (χ2n) is 4.12. The van der Waals surface area contributed by atoms with E-state index in [0.29, 0.717) is 25.6 Å². The van der Waals surface area contributed by atoms with Gasteiger partial charge in [0.05, 0.1) is 13.2 Å². The van der Waals surface area contributed by atoms with Crippen molar-refractivity contribution in [1.82, 2.24) is 0 Å². The Morgan fingerprint density at radius 1 is 1.12 bits per heavy atom. The van der Waals surface area contributed by atoms with E-state index in [0.717, 1.165) is 12.8 Å². The van der Waals surface area contributed by atoms with Crippen LogP contribution in [0.15, 0.2) is 0 Å². The first-order chi connectivity index (χ1) is 7.93. The number of hydrogen-bond acceptors (Lipinski definition) is 4. The van der Waals surface area contributed by atoms with Gasteiger partial charge < -0.3 is 9.47 Å². The molecular formula is C13H26O4. The van der Waals surface area contributed by atoms with Crippen molar-refractivity contribution >= 4 is 11.9 Å². The topological polar surface area (TPSA) is 52.6 Å². The second kappa shape index (κ2) is 13.0. The Labute approximate surface area is 105 Å².